The van der Waals surface area contributed by atoms with Crippen molar-refractivity contribution in [2.24, 2.45) is 0 Å². The lowest BCUT2D eigenvalue weighted by atomic mass is 9.85. The average molecular weight is 325 g/mol. The molecule has 1 fully saturated rings. The molecule has 0 atom stereocenters. The number of ether oxygens (including phenoxy) is 1. The molecular weight excluding hydrogens is 302 g/mol. The van der Waals surface area contributed by atoms with Crippen molar-refractivity contribution in [3.8, 4) is 5.75 Å². The molecular formula is C20H23NO3. The summed E-state index contributed by atoms with van der Waals surface area (Å²) in [4.78, 5) is 14.6. The van der Waals surface area contributed by atoms with Crippen LogP contribution in [0.15, 0.2) is 54.6 Å². The molecule has 2 aromatic carbocycles. The van der Waals surface area contributed by atoms with E-state index in [4.69, 9.17) is 4.74 Å². The minimum atomic E-state index is -0.914. The molecule has 0 unspecified atom stereocenters. The summed E-state index contributed by atoms with van der Waals surface area (Å²) in [5.74, 6) is 0.834. The van der Waals surface area contributed by atoms with Gasteiger partial charge in [0.05, 0.1) is 12.7 Å². The minimum Gasteiger partial charge on any atom is -0.497 e. The quantitative estimate of drug-likeness (QED) is 0.857. The molecule has 4 heteroatoms. The Labute approximate surface area is 142 Å². The maximum Gasteiger partial charge on any atom is 0.165 e. The molecule has 0 spiro atoms. The Kier molecular flexibility index (Phi) is 4.86. The molecule has 1 heterocycles. The summed E-state index contributed by atoms with van der Waals surface area (Å²) in [6.07, 6.45) is 1.36. The summed E-state index contributed by atoms with van der Waals surface area (Å²) in [6, 6.07) is 17.1. The molecule has 0 radical (unpaired) electrons. The van der Waals surface area contributed by atoms with Crippen LogP contribution in [0.4, 0.5) is 5.69 Å². The van der Waals surface area contributed by atoms with E-state index in [1.54, 1.807) is 19.2 Å². The van der Waals surface area contributed by atoms with E-state index in [0.717, 1.165) is 24.5 Å². The number of anilines is 1. The third kappa shape index (κ3) is 3.77. The predicted octanol–water partition coefficient (Wildman–Crippen LogP) is 3.30. The number of hydrogen-bond donors (Lipinski definition) is 1. The van der Waals surface area contributed by atoms with E-state index in [-0.39, 0.29) is 12.2 Å². The van der Waals surface area contributed by atoms with Crippen LogP contribution in [-0.4, -0.2) is 36.7 Å². The molecule has 0 saturated carbocycles. The second kappa shape index (κ2) is 7.05. The van der Waals surface area contributed by atoms with Gasteiger partial charge in [-0.15, -0.1) is 0 Å². The summed E-state index contributed by atoms with van der Waals surface area (Å²) >= 11 is 0. The molecule has 1 N–H and O–H groups in total. The summed E-state index contributed by atoms with van der Waals surface area (Å²) in [5.41, 5.74) is 0.842. The predicted molar refractivity (Wildman–Crippen MR) is 94.8 cm³/mol. The van der Waals surface area contributed by atoms with Gasteiger partial charge in [-0.3, -0.25) is 4.79 Å². The number of ketones is 1. The smallest absolute Gasteiger partial charge is 0.165 e. The molecule has 126 valence electrons. The maximum atomic E-state index is 12.4. The van der Waals surface area contributed by atoms with Crippen LogP contribution in [0.25, 0.3) is 0 Å². The van der Waals surface area contributed by atoms with Gasteiger partial charge in [-0.25, -0.2) is 0 Å². The fourth-order valence-corrected chi connectivity index (χ4v) is 3.19. The molecule has 1 saturated heterocycles. The van der Waals surface area contributed by atoms with Gasteiger partial charge in [-0.2, -0.15) is 0 Å². The van der Waals surface area contributed by atoms with Gasteiger partial charge in [0.15, 0.2) is 5.78 Å². The third-order valence-electron chi connectivity index (χ3n) is 4.70. The van der Waals surface area contributed by atoms with E-state index >= 15 is 0 Å². The highest BCUT2D eigenvalue weighted by Gasteiger charge is 2.34. The Balaban J connectivity index is 1.62. The molecule has 4 nitrogen and oxygen atoms in total. The first-order valence-electron chi connectivity index (χ1n) is 8.29. The first-order valence-corrected chi connectivity index (χ1v) is 8.29. The molecule has 0 bridgehead atoms. The number of carbonyl (C=O) groups excluding carboxylic acids is 1. The van der Waals surface area contributed by atoms with E-state index < -0.39 is 5.60 Å². The van der Waals surface area contributed by atoms with Crippen LogP contribution in [0.1, 0.15) is 29.6 Å². The Morgan fingerprint density at radius 2 is 1.83 bits per heavy atom. The van der Waals surface area contributed by atoms with Crippen LogP contribution in [0.5, 0.6) is 5.75 Å². The Bertz CT molecular complexity index is 691. The van der Waals surface area contributed by atoms with Gasteiger partial charge in [-0.1, -0.05) is 36.4 Å². The number of piperidine rings is 1. The topological polar surface area (TPSA) is 49.8 Å². The molecule has 1 aliphatic heterocycles. The van der Waals surface area contributed by atoms with Crippen LogP contribution in [0.3, 0.4) is 0 Å². The lowest BCUT2D eigenvalue weighted by Gasteiger charge is -2.39. The zero-order valence-electron chi connectivity index (χ0n) is 13.9. The summed E-state index contributed by atoms with van der Waals surface area (Å²) in [7, 11) is 1.66. The number of methoxy groups -OCH3 is 1. The highest BCUT2D eigenvalue weighted by molar-refractivity contribution is 5.96. The van der Waals surface area contributed by atoms with Gasteiger partial charge >= 0.3 is 0 Å². The van der Waals surface area contributed by atoms with E-state index in [1.807, 2.05) is 42.5 Å². The Morgan fingerprint density at radius 1 is 1.12 bits per heavy atom. The summed E-state index contributed by atoms with van der Waals surface area (Å²) < 4.78 is 5.27. The first kappa shape index (κ1) is 16.5. The second-order valence-electron chi connectivity index (χ2n) is 6.38. The number of nitrogens with zero attached hydrogens (tertiary/aromatic N) is 1. The van der Waals surface area contributed by atoms with Crippen molar-refractivity contribution in [3.63, 3.8) is 0 Å². The van der Waals surface area contributed by atoms with Gasteiger partial charge in [-0.05, 0) is 25.0 Å². The van der Waals surface area contributed by atoms with Gasteiger partial charge in [0.25, 0.3) is 0 Å². The van der Waals surface area contributed by atoms with E-state index in [9.17, 15) is 9.90 Å². The number of rotatable bonds is 5. The standard InChI is InChI=1S/C20H23NO3/c1-24-18-9-5-8-17(14-18)21-12-10-20(23,11-13-21)15-19(22)16-6-3-2-4-7-16/h2-9,14,23H,10-13,15H2,1H3. The van der Waals surface area contributed by atoms with Crippen molar-refractivity contribution in [3.05, 3.63) is 60.2 Å². The third-order valence-corrected chi connectivity index (χ3v) is 4.70. The lowest BCUT2D eigenvalue weighted by molar-refractivity contribution is 0.0109. The van der Waals surface area contributed by atoms with Crippen molar-refractivity contribution in [2.45, 2.75) is 24.9 Å². The maximum absolute atomic E-state index is 12.4. The van der Waals surface area contributed by atoms with Crippen molar-refractivity contribution >= 4 is 11.5 Å². The summed E-state index contributed by atoms with van der Waals surface area (Å²) in [6.45, 7) is 1.46. The molecule has 24 heavy (non-hydrogen) atoms. The highest BCUT2D eigenvalue weighted by Crippen LogP contribution is 2.31. The largest absolute Gasteiger partial charge is 0.497 e. The average Bonchev–Trinajstić information content (AvgIpc) is 2.63. The Morgan fingerprint density at radius 3 is 2.50 bits per heavy atom. The van der Waals surface area contributed by atoms with Crippen molar-refractivity contribution < 1.29 is 14.6 Å². The summed E-state index contributed by atoms with van der Waals surface area (Å²) in [5, 5.41) is 10.8. The van der Waals surface area contributed by atoms with Gasteiger partial charge < -0.3 is 14.7 Å². The zero-order valence-corrected chi connectivity index (χ0v) is 13.9. The SMILES string of the molecule is COc1cccc(N2CCC(O)(CC(=O)c3ccccc3)CC2)c1. The zero-order chi connectivity index (χ0) is 17.0. The number of benzene rings is 2. The Hall–Kier alpha value is -2.33. The van der Waals surface area contributed by atoms with Crippen LogP contribution >= 0.6 is 0 Å². The van der Waals surface area contributed by atoms with Crippen LogP contribution in [0, 0.1) is 0 Å². The van der Waals surface area contributed by atoms with Crippen molar-refractivity contribution in [2.75, 3.05) is 25.1 Å². The van der Waals surface area contributed by atoms with Gasteiger partial charge in [0.2, 0.25) is 0 Å². The van der Waals surface area contributed by atoms with Crippen molar-refractivity contribution in [1.29, 1.82) is 0 Å². The monoisotopic (exact) mass is 325 g/mol. The lowest BCUT2D eigenvalue weighted by Crippen LogP contribution is -2.45. The first-order chi connectivity index (χ1) is 11.6. The van der Waals surface area contributed by atoms with E-state index in [1.165, 1.54) is 0 Å². The normalized spacial score (nSPS) is 16.7. The van der Waals surface area contributed by atoms with Crippen LogP contribution in [0.2, 0.25) is 0 Å². The minimum absolute atomic E-state index is 0.00734. The van der Waals surface area contributed by atoms with Crippen molar-refractivity contribution in [1.82, 2.24) is 0 Å². The van der Waals surface area contributed by atoms with Gasteiger partial charge in [0.1, 0.15) is 5.75 Å². The number of aliphatic hydroxyl groups is 1. The molecule has 0 amide bonds. The van der Waals surface area contributed by atoms with E-state index in [0.29, 0.717) is 18.4 Å². The molecule has 1 aliphatic rings. The number of hydrogen-bond acceptors (Lipinski definition) is 4. The van der Waals surface area contributed by atoms with Crippen LogP contribution < -0.4 is 9.64 Å². The number of Topliss-reactive ketones (excluding diaryl/α,β-unsaturated/α-hetero) is 1. The fraction of sp³-hybridized carbons (Fsp3) is 0.350. The molecule has 0 aliphatic carbocycles. The van der Waals surface area contributed by atoms with Crippen LogP contribution in [-0.2, 0) is 0 Å². The molecule has 2 aromatic rings. The van der Waals surface area contributed by atoms with Gasteiger partial charge in [0, 0.05) is 36.8 Å². The fourth-order valence-electron chi connectivity index (χ4n) is 3.19. The van der Waals surface area contributed by atoms with E-state index in [2.05, 4.69) is 4.90 Å². The molecule has 0 aromatic heterocycles. The number of carbonyl (C=O) groups is 1. The highest BCUT2D eigenvalue weighted by atomic mass is 16.5. The molecule has 3 rings (SSSR count). The second-order valence-corrected chi connectivity index (χ2v) is 6.38.